The van der Waals surface area contributed by atoms with E-state index in [9.17, 15) is 5.11 Å². The van der Waals surface area contributed by atoms with E-state index in [1.165, 1.54) is 38.5 Å². The largest absolute Gasteiger partial charge is 0.368 e. The molecule has 0 radical (unpaired) electrons. The van der Waals surface area contributed by atoms with Crippen LogP contribution in [0.3, 0.4) is 0 Å². The van der Waals surface area contributed by atoms with Gasteiger partial charge in [-0.15, -0.1) is 0 Å². The summed E-state index contributed by atoms with van der Waals surface area (Å²) < 4.78 is 0. The van der Waals surface area contributed by atoms with Gasteiger partial charge in [-0.1, -0.05) is 25.7 Å². The molecule has 1 atom stereocenters. The first kappa shape index (κ1) is 12.6. The van der Waals surface area contributed by atoms with Crippen LogP contribution >= 0.6 is 0 Å². The molecule has 0 aliphatic heterocycles. The van der Waals surface area contributed by atoms with E-state index in [0.29, 0.717) is 5.92 Å². The number of rotatable bonds is 3. The molecule has 0 amide bonds. The molecule has 0 spiro atoms. The van der Waals surface area contributed by atoms with Crippen LogP contribution in [0.1, 0.15) is 59.3 Å². The molecule has 15 heavy (non-hydrogen) atoms. The van der Waals surface area contributed by atoms with Crippen LogP contribution in [0.2, 0.25) is 0 Å². The maximum absolute atomic E-state index is 9.46. The van der Waals surface area contributed by atoms with E-state index >= 15 is 0 Å². The first-order valence-electron chi connectivity index (χ1n) is 6.13. The second-order valence-electron chi connectivity index (χ2n) is 5.20. The summed E-state index contributed by atoms with van der Waals surface area (Å²) >= 11 is 0. The minimum absolute atomic E-state index is 0.259. The van der Waals surface area contributed by atoms with Crippen LogP contribution in [-0.4, -0.2) is 16.9 Å². The van der Waals surface area contributed by atoms with E-state index in [1.54, 1.807) is 13.8 Å². The quantitative estimate of drug-likeness (QED) is 0.564. The van der Waals surface area contributed by atoms with Gasteiger partial charge in [0.05, 0.1) is 6.04 Å². The van der Waals surface area contributed by atoms with Crippen LogP contribution in [0, 0.1) is 5.92 Å². The van der Waals surface area contributed by atoms with Crippen LogP contribution in [0.4, 0.5) is 0 Å². The molecule has 1 aliphatic carbocycles. The Kier molecular flexibility index (Phi) is 4.71. The van der Waals surface area contributed by atoms with Gasteiger partial charge < -0.3 is 5.11 Å². The molecule has 0 saturated heterocycles. The summed E-state index contributed by atoms with van der Waals surface area (Å²) in [5, 5.41) is 17.6. The lowest BCUT2D eigenvalue weighted by atomic mass is 9.94. The van der Waals surface area contributed by atoms with Crippen molar-refractivity contribution in [1.82, 2.24) is 0 Å². The Bertz CT molecular complexity index is 200. The zero-order valence-electron chi connectivity index (χ0n) is 10.2. The van der Waals surface area contributed by atoms with Crippen molar-refractivity contribution in [3.8, 4) is 0 Å². The lowest BCUT2D eigenvalue weighted by Crippen LogP contribution is -2.18. The summed E-state index contributed by atoms with van der Waals surface area (Å²) in [5.41, 5.74) is -1.01. The van der Waals surface area contributed by atoms with Crippen molar-refractivity contribution in [1.29, 1.82) is 0 Å². The topological polar surface area (TPSA) is 45.0 Å². The van der Waals surface area contributed by atoms with Crippen molar-refractivity contribution in [2.75, 3.05) is 0 Å². The van der Waals surface area contributed by atoms with Gasteiger partial charge in [-0.05, 0) is 39.5 Å². The van der Waals surface area contributed by atoms with Gasteiger partial charge in [0.25, 0.3) is 0 Å². The first-order chi connectivity index (χ1) is 6.99. The van der Waals surface area contributed by atoms with Gasteiger partial charge in [-0.2, -0.15) is 10.2 Å². The molecule has 1 fully saturated rings. The Morgan fingerprint density at radius 1 is 1.13 bits per heavy atom. The average molecular weight is 212 g/mol. The molecule has 0 aromatic rings. The third kappa shape index (κ3) is 5.26. The minimum Gasteiger partial charge on any atom is -0.368 e. The highest BCUT2D eigenvalue weighted by molar-refractivity contribution is 4.74. The first-order valence-corrected chi connectivity index (χ1v) is 6.13. The molecule has 0 aromatic heterocycles. The summed E-state index contributed by atoms with van der Waals surface area (Å²) in [4.78, 5) is 0. The molecule has 1 N–H and O–H groups in total. The Balaban J connectivity index is 2.44. The molecule has 1 rings (SSSR count). The van der Waals surface area contributed by atoms with Crippen molar-refractivity contribution in [3.63, 3.8) is 0 Å². The summed E-state index contributed by atoms with van der Waals surface area (Å²) in [6.07, 6.45) is 7.93. The van der Waals surface area contributed by atoms with Gasteiger partial charge in [0.15, 0.2) is 5.72 Å². The molecule has 3 nitrogen and oxygen atoms in total. The summed E-state index contributed by atoms with van der Waals surface area (Å²) in [6.45, 7) is 5.44. The van der Waals surface area contributed by atoms with E-state index < -0.39 is 5.72 Å². The maximum Gasteiger partial charge on any atom is 0.170 e. The summed E-state index contributed by atoms with van der Waals surface area (Å²) in [6, 6.07) is 0.259. The monoisotopic (exact) mass is 212 g/mol. The van der Waals surface area contributed by atoms with E-state index in [4.69, 9.17) is 0 Å². The predicted octanol–water partition coefficient (Wildman–Crippen LogP) is 3.53. The van der Waals surface area contributed by atoms with Crippen molar-refractivity contribution in [2.24, 2.45) is 16.1 Å². The molecule has 1 unspecified atom stereocenters. The van der Waals surface area contributed by atoms with Crippen LogP contribution in [0.5, 0.6) is 0 Å². The minimum atomic E-state index is -1.01. The fraction of sp³-hybridized carbons (Fsp3) is 1.00. The van der Waals surface area contributed by atoms with E-state index in [2.05, 4.69) is 17.2 Å². The highest BCUT2D eigenvalue weighted by Gasteiger charge is 2.19. The molecule has 3 heteroatoms. The van der Waals surface area contributed by atoms with Gasteiger partial charge in [0.1, 0.15) is 0 Å². The van der Waals surface area contributed by atoms with Crippen molar-refractivity contribution in [3.05, 3.63) is 0 Å². The second-order valence-corrected chi connectivity index (χ2v) is 5.20. The van der Waals surface area contributed by atoms with E-state index in [0.717, 1.165) is 0 Å². The lowest BCUT2D eigenvalue weighted by molar-refractivity contribution is 0.0793. The standard InChI is InChI=1S/C12H24N2O/c1-10(13-14-12(2,3)15)11-8-6-4-5-7-9-11/h10-11,15H,4-9H2,1-3H3/b14-13+. The number of hydrogen-bond donors (Lipinski definition) is 1. The summed E-state index contributed by atoms with van der Waals surface area (Å²) in [5.74, 6) is 0.665. The van der Waals surface area contributed by atoms with Gasteiger partial charge in [-0.25, -0.2) is 0 Å². The number of nitrogens with zero attached hydrogens (tertiary/aromatic N) is 2. The van der Waals surface area contributed by atoms with Gasteiger partial charge >= 0.3 is 0 Å². The average Bonchev–Trinajstić information content (AvgIpc) is 2.41. The SMILES string of the molecule is CC(/N=N/C(C)(C)O)C1CCCCCC1. The van der Waals surface area contributed by atoms with Gasteiger partial charge in [0.2, 0.25) is 0 Å². The number of aliphatic hydroxyl groups is 1. The van der Waals surface area contributed by atoms with Crippen LogP contribution in [-0.2, 0) is 0 Å². The Labute approximate surface area is 93.0 Å². The maximum atomic E-state index is 9.46. The second kappa shape index (κ2) is 5.59. The molecule has 1 saturated carbocycles. The Morgan fingerprint density at radius 3 is 2.13 bits per heavy atom. The van der Waals surface area contributed by atoms with E-state index in [1.807, 2.05) is 0 Å². The highest BCUT2D eigenvalue weighted by atomic mass is 16.3. The lowest BCUT2D eigenvalue weighted by Gasteiger charge is -2.19. The fourth-order valence-electron chi connectivity index (χ4n) is 2.12. The zero-order valence-corrected chi connectivity index (χ0v) is 10.2. The van der Waals surface area contributed by atoms with E-state index in [-0.39, 0.29) is 6.04 Å². The van der Waals surface area contributed by atoms with Gasteiger partial charge in [-0.3, -0.25) is 0 Å². The van der Waals surface area contributed by atoms with Crippen LogP contribution in [0.25, 0.3) is 0 Å². The molecular weight excluding hydrogens is 188 g/mol. The molecule has 0 bridgehead atoms. The molecular formula is C12H24N2O. The number of azo groups is 1. The third-order valence-electron chi connectivity index (χ3n) is 3.07. The van der Waals surface area contributed by atoms with Gasteiger partial charge in [0, 0.05) is 0 Å². The fourth-order valence-corrected chi connectivity index (χ4v) is 2.12. The van der Waals surface area contributed by atoms with Crippen LogP contribution < -0.4 is 0 Å². The zero-order chi connectivity index (χ0) is 11.3. The molecule has 0 heterocycles. The predicted molar refractivity (Wildman–Crippen MR) is 61.8 cm³/mol. The summed E-state index contributed by atoms with van der Waals surface area (Å²) in [7, 11) is 0. The van der Waals surface area contributed by atoms with Crippen molar-refractivity contribution in [2.45, 2.75) is 71.1 Å². The highest BCUT2D eigenvalue weighted by Crippen LogP contribution is 2.27. The molecule has 0 aromatic carbocycles. The molecule has 88 valence electrons. The Hall–Kier alpha value is -0.440. The molecule has 1 aliphatic rings. The smallest absolute Gasteiger partial charge is 0.170 e. The van der Waals surface area contributed by atoms with Crippen LogP contribution in [0.15, 0.2) is 10.2 Å². The Morgan fingerprint density at radius 2 is 1.67 bits per heavy atom. The third-order valence-corrected chi connectivity index (χ3v) is 3.07. The number of hydrogen-bond acceptors (Lipinski definition) is 3. The van der Waals surface area contributed by atoms with Crippen molar-refractivity contribution < 1.29 is 5.11 Å². The normalized spacial score (nSPS) is 22.9. The van der Waals surface area contributed by atoms with Crippen molar-refractivity contribution >= 4 is 0 Å².